The molecule has 1 fully saturated rings. The lowest BCUT2D eigenvalue weighted by Gasteiger charge is -2.15. The number of hydrogen-bond acceptors (Lipinski definition) is 6. The van der Waals surface area contributed by atoms with Crippen molar-refractivity contribution >= 4 is 34.3 Å². The van der Waals surface area contributed by atoms with Gasteiger partial charge >= 0.3 is 0 Å². The molecule has 4 rings (SSSR count). The number of nitrogens with zero attached hydrogens (tertiary/aromatic N) is 4. The summed E-state index contributed by atoms with van der Waals surface area (Å²) in [5.74, 6) is 1.43. The van der Waals surface area contributed by atoms with Crippen LogP contribution >= 0.6 is 11.6 Å². The summed E-state index contributed by atoms with van der Waals surface area (Å²) in [6.45, 7) is 5.10. The van der Waals surface area contributed by atoms with Gasteiger partial charge in [-0.3, -0.25) is 0 Å². The third-order valence-corrected chi connectivity index (χ3v) is 5.42. The van der Waals surface area contributed by atoms with Crippen molar-refractivity contribution in [1.82, 2.24) is 19.9 Å². The molecule has 2 N–H and O–H groups in total. The highest BCUT2D eigenvalue weighted by Crippen LogP contribution is 2.21. The van der Waals surface area contributed by atoms with E-state index in [1.165, 1.54) is 25.9 Å². The lowest BCUT2D eigenvalue weighted by Crippen LogP contribution is -2.22. The second-order valence-electron chi connectivity index (χ2n) is 7.06. The minimum atomic E-state index is 0.581. The van der Waals surface area contributed by atoms with E-state index in [0.717, 1.165) is 46.8 Å². The zero-order valence-corrected chi connectivity index (χ0v) is 16.6. The van der Waals surface area contributed by atoms with Gasteiger partial charge in [0.25, 0.3) is 0 Å². The van der Waals surface area contributed by atoms with Crippen LogP contribution in [0.25, 0.3) is 10.9 Å². The maximum absolute atomic E-state index is 6.21. The minimum absolute atomic E-state index is 0.581. The van der Waals surface area contributed by atoms with Crippen LogP contribution in [0.15, 0.2) is 42.7 Å². The van der Waals surface area contributed by atoms with Gasteiger partial charge in [0.2, 0.25) is 5.95 Å². The Morgan fingerprint density at radius 3 is 2.75 bits per heavy atom. The van der Waals surface area contributed by atoms with Gasteiger partial charge in [-0.1, -0.05) is 29.8 Å². The van der Waals surface area contributed by atoms with Crippen LogP contribution in [0.4, 0.5) is 11.8 Å². The SMILES string of the molecule is Clc1ccccc1CNc1ncc2c(NCCCN3CCCC3)nccc2n1. The van der Waals surface area contributed by atoms with Crippen LogP contribution in [0.3, 0.4) is 0 Å². The highest BCUT2D eigenvalue weighted by atomic mass is 35.5. The molecular weight excluding hydrogens is 372 g/mol. The molecule has 0 saturated carbocycles. The average molecular weight is 397 g/mol. The Kier molecular flexibility index (Phi) is 6.19. The second-order valence-corrected chi connectivity index (χ2v) is 7.47. The maximum atomic E-state index is 6.21. The minimum Gasteiger partial charge on any atom is -0.369 e. The number of rotatable bonds is 8. The Hall–Kier alpha value is -2.44. The first-order chi connectivity index (χ1) is 13.8. The quantitative estimate of drug-likeness (QED) is 0.556. The lowest BCUT2D eigenvalue weighted by atomic mass is 10.2. The van der Waals surface area contributed by atoms with Crippen LogP contribution in [0, 0.1) is 0 Å². The van der Waals surface area contributed by atoms with E-state index >= 15 is 0 Å². The smallest absolute Gasteiger partial charge is 0.223 e. The van der Waals surface area contributed by atoms with Crippen molar-refractivity contribution in [2.45, 2.75) is 25.8 Å². The molecule has 1 saturated heterocycles. The van der Waals surface area contributed by atoms with Gasteiger partial charge in [0.05, 0.1) is 10.9 Å². The number of nitrogens with one attached hydrogen (secondary N) is 2. The first-order valence-corrected chi connectivity index (χ1v) is 10.2. The third kappa shape index (κ3) is 4.69. The van der Waals surface area contributed by atoms with Crippen molar-refractivity contribution in [3.8, 4) is 0 Å². The van der Waals surface area contributed by atoms with E-state index < -0.39 is 0 Å². The van der Waals surface area contributed by atoms with Gasteiger partial charge in [-0.2, -0.15) is 0 Å². The number of halogens is 1. The number of pyridine rings is 1. The zero-order valence-electron chi connectivity index (χ0n) is 15.9. The molecule has 0 unspecified atom stereocenters. The summed E-state index contributed by atoms with van der Waals surface area (Å²) < 4.78 is 0. The van der Waals surface area contributed by atoms with Gasteiger partial charge in [-0.15, -0.1) is 0 Å². The predicted molar refractivity (Wildman–Crippen MR) is 115 cm³/mol. The van der Waals surface area contributed by atoms with Crippen molar-refractivity contribution < 1.29 is 0 Å². The molecule has 1 aromatic carbocycles. The molecule has 2 aromatic heterocycles. The van der Waals surface area contributed by atoms with Crippen LogP contribution < -0.4 is 10.6 Å². The van der Waals surface area contributed by atoms with Gasteiger partial charge in [-0.25, -0.2) is 15.0 Å². The van der Waals surface area contributed by atoms with Crippen molar-refractivity contribution in [3.05, 3.63) is 53.3 Å². The highest BCUT2D eigenvalue weighted by Gasteiger charge is 2.11. The van der Waals surface area contributed by atoms with Crippen molar-refractivity contribution in [2.24, 2.45) is 0 Å². The fourth-order valence-electron chi connectivity index (χ4n) is 3.51. The number of fused-ring (bicyclic) bond motifs is 1. The molecule has 3 heterocycles. The van der Waals surface area contributed by atoms with Gasteiger partial charge in [0.1, 0.15) is 5.82 Å². The van der Waals surface area contributed by atoms with Gasteiger partial charge < -0.3 is 15.5 Å². The van der Waals surface area contributed by atoms with Crippen molar-refractivity contribution in [2.75, 3.05) is 36.8 Å². The monoisotopic (exact) mass is 396 g/mol. The predicted octanol–water partition coefficient (Wildman–Crippen LogP) is 4.19. The largest absolute Gasteiger partial charge is 0.369 e. The molecule has 0 atom stereocenters. The van der Waals surface area contributed by atoms with Crippen LogP contribution in [-0.2, 0) is 6.54 Å². The number of likely N-dealkylation sites (tertiary alicyclic amines) is 1. The van der Waals surface area contributed by atoms with Gasteiger partial charge in [-0.05, 0) is 56.6 Å². The van der Waals surface area contributed by atoms with Crippen LogP contribution in [0.5, 0.6) is 0 Å². The normalized spacial score (nSPS) is 14.5. The second kappa shape index (κ2) is 9.17. The first-order valence-electron chi connectivity index (χ1n) is 9.85. The molecule has 28 heavy (non-hydrogen) atoms. The summed E-state index contributed by atoms with van der Waals surface area (Å²) in [5.41, 5.74) is 1.89. The topological polar surface area (TPSA) is 66.0 Å². The number of aromatic nitrogens is 3. The molecule has 0 amide bonds. The van der Waals surface area contributed by atoms with Crippen molar-refractivity contribution in [3.63, 3.8) is 0 Å². The summed E-state index contributed by atoms with van der Waals surface area (Å²) >= 11 is 6.21. The summed E-state index contributed by atoms with van der Waals surface area (Å²) in [6, 6.07) is 9.67. The molecule has 0 spiro atoms. The average Bonchev–Trinajstić information content (AvgIpc) is 3.24. The van der Waals surface area contributed by atoms with E-state index in [1.807, 2.05) is 36.5 Å². The Balaban J connectivity index is 1.37. The summed E-state index contributed by atoms with van der Waals surface area (Å²) in [6.07, 6.45) is 7.39. The van der Waals surface area contributed by atoms with E-state index in [4.69, 9.17) is 11.6 Å². The Morgan fingerprint density at radius 2 is 1.89 bits per heavy atom. The molecule has 3 aromatic rings. The fourth-order valence-corrected chi connectivity index (χ4v) is 3.72. The molecule has 0 bridgehead atoms. The molecule has 7 heteroatoms. The van der Waals surface area contributed by atoms with Crippen LogP contribution in [0.2, 0.25) is 5.02 Å². The number of hydrogen-bond donors (Lipinski definition) is 2. The number of anilines is 2. The summed E-state index contributed by atoms with van der Waals surface area (Å²) in [5, 5.41) is 8.36. The molecule has 6 nitrogen and oxygen atoms in total. The molecule has 0 radical (unpaired) electrons. The maximum Gasteiger partial charge on any atom is 0.223 e. The number of benzene rings is 1. The Morgan fingerprint density at radius 1 is 1.04 bits per heavy atom. The Bertz CT molecular complexity index is 926. The van der Waals surface area contributed by atoms with E-state index in [1.54, 1.807) is 6.20 Å². The van der Waals surface area contributed by atoms with Crippen LogP contribution in [0.1, 0.15) is 24.8 Å². The summed E-state index contributed by atoms with van der Waals surface area (Å²) in [7, 11) is 0. The molecular formula is C21H25ClN6. The molecule has 146 valence electrons. The van der Waals surface area contributed by atoms with E-state index in [0.29, 0.717) is 12.5 Å². The standard InChI is InChI=1S/C21H25ClN6/c22-18-7-2-1-6-16(18)14-25-21-26-15-17-19(27-21)8-10-24-20(17)23-9-5-13-28-11-3-4-12-28/h1-2,6-8,10,15H,3-5,9,11-14H2,(H,23,24)(H,25,26,27). The molecule has 1 aliphatic rings. The third-order valence-electron chi connectivity index (χ3n) is 5.05. The zero-order chi connectivity index (χ0) is 19.2. The highest BCUT2D eigenvalue weighted by molar-refractivity contribution is 6.31. The fraction of sp³-hybridized carbons (Fsp3) is 0.381. The van der Waals surface area contributed by atoms with Gasteiger partial charge in [0, 0.05) is 30.5 Å². The lowest BCUT2D eigenvalue weighted by molar-refractivity contribution is 0.337. The Labute approximate surface area is 170 Å². The van der Waals surface area contributed by atoms with E-state index in [2.05, 4.69) is 30.5 Å². The summed E-state index contributed by atoms with van der Waals surface area (Å²) in [4.78, 5) is 16.1. The van der Waals surface area contributed by atoms with E-state index in [-0.39, 0.29) is 0 Å². The first kappa shape index (κ1) is 18.9. The van der Waals surface area contributed by atoms with E-state index in [9.17, 15) is 0 Å². The molecule has 1 aliphatic heterocycles. The van der Waals surface area contributed by atoms with Gasteiger partial charge in [0.15, 0.2) is 0 Å². The molecule has 0 aliphatic carbocycles. The van der Waals surface area contributed by atoms with Crippen molar-refractivity contribution in [1.29, 1.82) is 0 Å². The van der Waals surface area contributed by atoms with Crippen LogP contribution in [-0.4, -0.2) is 46.0 Å².